The summed E-state index contributed by atoms with van der Waals surface area (Å²) in [6, 6.07) is 0.521. The number of hydrogen-bond donors (Lipinski definition) is 1. The molecule has 1 aliphatic rings. The summed E-state index contributed by atoms with van der Waals surface area (Å²) in [5.41, 5.74) is 0.0232. The Morgan fingerprint density at radius 1 is 1.55 bits per heavy atom. The van der Waals surface area contributed by atoms with Gasteiger partial charge in [-0.15, -0.1) is 0 Å². The molecule has 0 spiro atoms. The van der Waals surface area contributed by atoms with Gasteiger partial charge in [-0.1, -0.05) is 6.92 Å². The first-order valence-corrected chi connectivity index (χ1v) is 4.43. The van der Waals surface area contributed by atoms with E-state index in [-0.39, 0.29) is 5.60 Å². The molecule has 2 heteroatoms. The van der Waals surface area contributed by atoms with Crippen molar-refractivity contribution in [2.45, 2.75) is 38.8 Å². The highest BCUT2D eigenvalue weighted by Gasteiger charge is 2.40. The topological polar surface area (TPSA) is 21.3 Å². The number of ether oxygens (including phenoxy) is 1. The minimum Gasteiger partial charge on any atom is -0.374 e. The summed E-state index contributed by atoms with van der Waals surface area (Å²) in [7, 11) is 2.02. The van der Waals surface area contributed by atoms with Crippen molar-refractivity contribution in [3.63, 3.8) is 0 Å². The van der Waals surface area contributed by atoms with Crippen molar-refractivity contribution in [3.05, 3.63) is 0 Å². The van der Waals surface area contributed by atoms with Crippen LogP contribution in [0.15, 0.2) is 0 Å². The second-order valence-corrected chi connectivity index (χ2v) is 3.85. The van der Waals surface area contributed by atoms with Crippen molar-refractivity contribution in [2.24, 2.45) is 5.92 Å². The lowest BCUT2D eigenvalue weighted by molar-refractivity contribution is 0.0227. The Balaban J connectivity index is 2.63. The summed E-state index contributed by atoms with van der Waals surface area (Å²) in [4.78, 5) is 0. The third-order valence-corrected chi connectivity index (χ3v) is 2.73. The first kappa shape index (κ1) is 9.01. The molecule has 0 bridgehead atoms. The van der Waals surface area contributed by atoms with Crippen LogP contribution in [0.25, 0.3) is 0 Å². The third-order valence-electron chi connectivity index (χ3n) is 2.73. The van der Waals surface area contributed by atoms with Gasteiger partial charge in [-0.05, 0) is 27.3 Å². The van der Waals surface area contributed by atoms with Crippen molar-refractivity contribution < 1.29 is 4.74 Å². The molecule has 1 fully saturated rings. The molecule has 1 saturated heterocycles. The van der Waals surface area contributed by atoms with Crippen LogP contribution in [0.5, 0.6) is 0 Å². The maximum absolute atomic E-state index is 5.68. The van der Waals surface area contributed by atoms with E-state index in [4.69, 9.17) is 4.74 Å². The molecule has 0 aliphatic carbocycles. The number of rotatable bonds is 2. The second-order valence-electron chi connectivity index (χ2n) is 3.85. The average molecular weight is 157 g/mol. The molecule has 1 aliphatic heterocycles. The molecule has 66 valence electrons. The molecule has 2 nitrogen and oxygen atoms in total. The molecule has 0 aromatic carbocycles. The summed E-state index contributed by atoms with van der Waals surface area (Å²) in [6.45, 7) is 7.45. The predicted octanol–water partition coefficient (Wildman–Crippen LogP) is 1.41. The van der Waals surface area contributed by atoms with Crippen LogP contribution in [0.3, 0.4) is 0 Å². The zero-order valence-corrected chi connectivity index (χ0v) is 7.98. The first-order valence-electron chi connectivity index (χ1n) is 4.43. The minimum absolute atomic E-state index is 0.0232. The molecular formula is C9H19NO. The Morgan fingerprint density at radius 3 is 2.55 bits per heavy atom. The summed E-state index contributed by atoms with van der Waals surface area (Å²) >= 11 is 0. The van der Waals surface area contributed by atoms with Gasteiger partial charge in [0.1, 0.15) is 0 Å². The van der Waals surface area contributed by atoms with Gasteiger partial charge in [-0.25, -0.2) is 0 Å². The molecule has 0 aromatic rings. The van der Waals surface area contributed by atoms with E-state index in [9.17, 15) is 0 Å². The molecule has 1 heterocycles. The quantitative estimate of drug-likeness (QED) is 0.654. The highest BCUT2D eigenvalue weighted by Crippen LogP contribution is 2.31. The van der Waals surface area contributed by atoms with Gasteiger partial charge < -0.3 is 10.1 Å². The van der Waals surface area contributed by atoms with Crippen molar-refractivity contribution in [1.82, 2.24) is 5.32 Å². The van der Waals surface area contributed by atoms with E-state index in [0.717, 1.165) is 6.61 Å². The van der Waals surface area contributed by atoms with Gasteiger partial charge in [0.2, 0.25) is 0 Å². The lowest BCUT2D eigenvalue weighted by Gasteiger charge is -2.27. The van der Waals surface area contributed by atoms with Crippen molar-refractivity contribution in [2.75, 3.05) is 13.7 Å². The normalized spacial score (nSPS) is 36.0. The highest BCUT2D eigenvalue weighted by molar-refractivity contribution is 4.94. The molecule has 0 radical (unpaired) electrons. The molecule has 0 unspecified atom stereocenters. The van der Waals surface area contributed by atoms with Crippen LogP contribution in [-0.4, -0.2) is 25.3 Å². The van der Waals surface area contributed by atoms with Crippen LogP contribution in [-0.2, 0) is 4.74 Å². The Bertz CT molecular complexity index is 134. The summed E-state index contributed by atoms with van der Waals surface area (Å²) in [6.07, 6.45) is 1.20. The van der Waals surface area contributed by atoms with E-state index in [1.54, 1.807) is 0 Å². The van der Waals surface area contributed by atoms with E-state index in [1.807, 2.05) is 7.05 Å². The Labute approximate surface area is 69.3 Å². The molecule has 2 atom stereocenters. The zero-order valence-electron chi connectivity index (χ0n) is 7.98. The molecule has 0 amide bonds. The van der Waals surface area contributed by atoms with Crippen LogP contribution >= 0.6 is 0 Å². The Morgan fingerprint density at radius 2 is 2.18 bits per heavy atom. The van der Waals surface area contributed by atoms with E-state index in [2.05, 4.69) is 26.1 Å². The Kier molecular flexibility index (Phi) is 2.55. The van der Waals surface area contributed by atoms with Gasteiger partial charge >= 0.3 is 0 Å². The third kappa shape index (κ3) is 1.57. The number of hydrogen-bond acceptors (Lipinski definition) is 2. The van der Waals surface area contributed by atoms with E-state index in [0.29, 0.717) is 12.0 Å². The lowest BCUT2D eigenvalue weighted by Crippen LogP contribution is -2.44. The van der Waals surface area contributed by atoms with Crippen LogP contribution < -0.4 is 5.32 Å². The molecule has 1 N–H and O–H groups in total. The monoisotopic (exact) mass is 157 g/mol. The highest BCUT2D eigenvalue weighted by atomic mass is 16.5. The van der Waals surface area contributed by atoms with Gasteiger partial charge in [0, 0.05) is 12.0 Å². The van der Waals surface area contributed by atoms with Gasteiger partial charge in [0.15, 0.2) is 0 Å². The summed E-state index contributed by atoms with van der Waals surface area (Å²) in [5.74, 6) is 0.690. The molecule has 0 aromatic heterocycles. The van der Waals surface area contributed by atoms with Crippen molar-refractivity contribution in [3.8, 4) is 0 Å². The van der Waals surface area contributed by atoms with Gasteiger partial charge in [0.05, 0.1) is 12.2 Å². The fourth-order valence-electron chi connectivity index (χ4n) is 2.01. The Hall–Kier alpha value is -0.0800. The summed E-state index contributed by atoms with van der Waals surface area (Å²) < 4.78 is 5.68. The van der Waals surface area contributed by atoms with Crippen LogP contribution in [0.2, 0.25) is 0 Å². The molecule has 1 rings (SSSR count). The molecular weight excluding hydrogens is 138 g/mol. The van der Waals surface area contributed by atoms with Crippen LogP contribution in [0.1, 0.15) is 27.2 Å². The number of nitrogens with one attached hydrogen (secondary N) is 1. The fraction of sp³-hybridized carbons (Fsp3) is 1.00. The van der Waals surface area contributed by atoms with Crippen molar-refractivity contribution >= 4 is 0 Å². The van der Waals surface area contributed by atoms with E-state index in [1.165, 1.54) is 6.42 Å². The van der Waals surface area contributed by atoms with Gasteiger partial charge in [0.25, 0.3) is 0 Å². The van der Waals surface area contributed by atoms with Gasteiger partial charge in [-0.2, -0.15) is 0 Å². The lowest BCUT2D eigenvalue weighted by atomic mass is 9.89. The second kappa shape index (κ2) is 3.11. The fourth-order valence-corrected chi connectivity index (χ4v) is 2.01. The van der Waals surface area contributed by atoms with Crippen LogP contribution in [0.4, 0.5) is 0 Å². The first-order chi connectivity index (χ1) is 5.11. The predicted molar refractivity (Wildman–Crippen MR) is 46.7 cm³/mol. The average Bonchev–Trinajstić information content (AvgIpc) is 2.24. The van der Waals surface area contributed by atoms with Crippen LogP contribution in [0, 0.1) is 5.92 Å². The zero-order chi connectivity index (χ0) is 8.48. The van der Waals surface area contributed by atoms with Crippen molar-refractivity contribution in [1.29, 1.82) is 0 Å². The maximum Gasteiger partial charge on any atom is 0.0782 e. The SMILES string of the molecule is CC[C@H]1COC(C)(C)[C@H]1NC. The number of likely N-dealkylation sites (N-methyl/N-ethyl adjacent to an activating group) is 1. The minimum atomic E-state index is 0.0232. The summed E-state index contributed by atoms with van der Waals surface area (Å²) in [5, 5.41) is 3.33. The maximum atomic E-state index is 5.68. The molecule has 0 saturated carbocycles. The van der Waals surface area contributed by atoms with E-state index >= 15 is 0 Å². The van der Waals surface area contributed by atoms with E-state index < -0.39 is 0 Å². The smallest absolute Gasteiger partial charge is 0.0782 e. The van der Waals surface area contributed by atoms with Gasteiger partial charge in [-0.3, -0.25) is 0 Å². The largest absolute Gasteiger partial charge is 0.374 e. The molecule has 11 heavy (non-hydrogen) atoms. The standard InChI is InChI=1S/C9H19NO/c1-5-7-6-11-9(2,3)8(7)10-4/h7-8,10H,5-6H2,1-4H3/t7-,8-/m0/s1.